The van der Waals surface area contributed by atoms with Crippen LogP contribution in [0.4, 0.5) is 17.6 Å². The van der Waals surface area contributed by atoms with Gasteiger partial charge in [-0.25, -0.2) is 4.39 Å². The molecule has 0 saturated carbocycles. The van der Waals surface area contributed by atoms with Crippen molar-refractivity contribution in [2.75, 3.05) is 13.1 Å². The molecule has 0 bridgehead atoms. The highest BCUT2D eigenvalue weighted by Gasteiger charge is 2.38. The summed E-state index contributed by atoms with van der Waals surface area (Å²) in [5, 5.41) is 0.0474. The van der Waals surface area contributed by atoms with E-state index < -0.39 is 29.4 Å². The zero-order valence-electron chi connectivity index (χ0n) is 15.7. The molecule has 0 N–H and O–H groups in total. The molecule has 1 fully saturated rings. The molecule has 1 aromatic carbocycles. The lowest BCUT2D eigenvalue weighted by Crippen LogP contribution is -2.33. The maximum Gasteiger partial charge on any atom is 0.417 e. The predicted molar refractivity (Wildman–Crippen MR) is 97.7 cm³/mol. The first-order chi connectivity index (χ1) is 12.6. The largest absolute Gasteiger partial charge is 0.417 e. The Morgan fingerprint density at radius 1 is 1.19 bits per heavy atom. The van der Waals surface area contributed by atoms with Crippen molar-refractivity contribution in [3.8, 4) is 0 Å². The zero-order chi connectivity index (χ0) is 19.9. The van der Waals surface area contributed by atoms with Crippen molar-refractivity contribution in [1.82, 2.24) is 9.47 Å². The third kappa shape index (κ3) is 3.88. The Labute approximate surface area is 155 Å². The van der Waals surface area contributed by atoms with E-state index in [-0.39, 0.29) is 16.5 Å². The number of rotatable bonds is 3. The highest BCUT2D eigenvalue weighted by molar-refractivity contribution is 5.85. The van der Waals surface area contributed by atoms with Crippen LogP contribution in [-0.4, -0.2) is 28.7 Å². The average molecular weight is 384 g/mol. The number of aryl methyl sites for hydroxylation is 1. The van der Waals surface area contributed by atoms with Gasteiger partial charge in [-0.1, -0.05) is 19.9 Å². The van der Waals surface area contributed by atoms with Gasteiger partial charge >= 0.3 is 6.18 Å². The third-order valence-corrected chi connectivity index (χ3v) is 5.28. The van der Waals surface area contributed by atoms with Crippen molar-refractivity contribution >= 4 is 10.9 Å². The van der Waals surface area contributed by atoms with Gasteiger partial charge in [0.15, 0.2) is 0 Å². The van der Waals surface area contributed by atoms with Crippen molar-refractivity contribution in [2.24, 2.45) is 7.05 Å². The first kappa shape index (κ1) is 19.9. The SMILES string of the molecule is CC(C)c1c(C(F)(F)F)c2cc(CN3CCC(F)CC3)ccc2n(C)c1=O. The number of likely N-dealkylation sites (tertiary alicyclic amines) is 1. The smallest absolute Gasteiger partial charge is 0.311 e. The van der Waals surface area contributed by atoms with Gasteiger partial charge in [0.05, 0.1) is 11.1 Å². The van der Waals surface area contributed by atoms with Gasteiger partial charge in [0.2, 0.25) is 0 Å². The van der Waals surface area contributed by atoms with Crippen LogP contribution in [0.25, 0.3) is 10.9 Å². The molecule has 1 aliphatic rings. The average Bonchev–Trinajstić information content (AvgIpc) is 2.58. The fourth-order valence-corrected chi connectivity index (χ4v) is 3.88. The van der Waals surface area contributed by atoms with Crippen LogP contribution in [0.3, 0.4) is 0 Å². The molecule has 0 spiro atoms. The minimum atomic E-state index is -4.61. The number of pyridine rings is 1. The van der Waals surface area contributed by atoms with Gasteiger partial charge in [-0.05, 0) is 36.5 Å². The maximum absolute atomic E-state index is 13.9. The first-order valence-corrected chi connectivity index (χ1v) is 9.18. The molecule has 1 saturated heterocycles. The highest BCUT2D eigenvalue weighted by Crippen LogP contribution is 2.38. The number of piperidine rings is 1. The lowest BCUT2D eigenvalue weighted by Gasteiger charge is -2.28. The molecule has 0 unspecified atom stereocenters. The van der Waals surface area contributed by atoms with Gasteiger partial charge in [-0.3, -0.25) is 9.69 Å². The Bertz CT molecular complexity index is 893. The van der Waals surface area contributed by atoms with Crippen LogP contribution >= 0.6 is 0 Å². The summed E-state index contributed by atoms with van der Waals surface area (Å²) in [5.74, 6) is -0.544. The third-order valence-electron chi connectivity index (χ3n) is 5.28. The molecular weight excluding hydrogens is 360 g/mol. The minimum Gasteiger partial charge on any atom is -0.311 e. The second-order valence-corrected chi connectivity index (χ2v) is 7.61. The zero-order valence-corrected chi connectivity index (χ0v) is 15.7. The summed E-state index contributed by atoms with van der Waals surface area (Å²) in [7, 11) is 1.50. The second kappa shape index (κ2) is 7.26. The van der Waals surface area contributed by atoms with Gasteiger partial charge in [0, 0.05) is 37.6 Å². The van der Waals surface area contributed by atoms with Crippen LogP contribution in [0.2, 0.25) is 0 Å². The maximum atomic E-state index is 13.9. The number of nitrogens with zero attached hydrogens (tertiary/aromatic N) is 2. The molecule has 0 atom stereocenters. The van der Waals surface area contributed by atoms with Crippen molar-refractivity contribution in [3.63, 3.8) is 0 Å². The van der Waals surface area contributed by atoms with E-state index in [9.17, 15) is 22.4 Å². The first-order valence-electron chi connectivity index (χ1n) is 9.18. The normalized spacial score (nSPS) is 17.2. The summed E-state index contributed by atoms with van der Waals surface area (Å²) in [4.78, 5) is 14.6. The summed E-state index contributed by atoms with van der Waals surface area (Å²) >= 11 is 0. The summed E-state index contributed by atoms with van der Waals surface area (Å²) < 4.78 is 56.2. The molecule has 7 heteroatoms. The fourth-order valence-electron chi connectivity index (χ4n) is 3.88. The lowest BCUT2D eigenvalue weighted by atomic mass is 9.93. The monoisotopic (exact) mass is 384 g/mol. The van der Waals surface area contributed by atoms with Crippen LogP contribution in [0.15, 0.2) is 23.0 Å². The number of aromatic nitrogens is 1. The topological polar surface area (TPSA) is 25.2 Å². The Balaban J connectivity index is 2.14. The molecule has 148 valence electrons. The minimum absolute atomic E-state index is 0.0474. The van der Waals surface area contributed by atoms with Crippen molar-refractivity contribution in [2.45, 2.75) is 51.5 Å². The fraction of sp³-hybridized carbons (Fsp3) is 0.550. The molecule has 3 nitrogen and oxygen atoms in total. The Morgan fingerprint density at radius 2 is 1.81 bits per heavy atom. The quantitative estimate of drug-likeness (QED) is 0.722. The van der Waals surface area contributed by atoms with E-state index in [4.69, 9.17) is 0 Å². The van der Waals surface area contributed by atoms with Gasteiger partial charge in [-0.15, -0.1) is 0 Å². The predicted octanol–water partition coefficient (Wildman–Crippen LogP) is 4.61. The van der Waals surface area contributed by atoms with Gasteiger partial charge in [0.1, 0.15) is 6.17 Å². The van der Waals surface area contributed by atoms with Crippen LogP contribution < -0.4 is 5.56 Å². The van der Waals surface area contributed by atoms with E-state index in [0.29, 0.717) is 32.5 Å². The Kier molecular flexibility index (Phi) is 5.34. The van der Waals surface area contributed by atoms with Crippen molar-refractivity contribution in [1.29, 1.82) is 0 Å². The molecule has 2 aromatic rings. The van der Waals surface area contributed by atoms with Gasteiger partial charge in [0.25, 0.3) is 5.56 Å². The van der Waals surface area contributed by atoms with E-state index in [1.54, 1.807) is 26.0 Å². The lowest BCUT2D eigenvalue weighted by molar-refractivity contribution is -0.137. The molecule has 2 heterocycles. The standard InChI is InChI=1S/C20H24F4N2O/c1-12(2)17-18(20(22,23)24)15-10-13(4-5-16(15)25(3)19(17)27)11-26-8-6-14(21)7-9-26/h4-5,10,12,14H,6-9,11H2,1-3H3. The van der Waals surface area contributed by atoms with Crippen molar-refractivity contribution < 1.29 is 17.6 Å². The number of fused-ring (bicyclic) bond motifs is 1. The van der Waals surface area contributed by atoms with Crippen LogP contribution in [0.5, 0.6) is 0 Å². The van der Waals surface area contributed by atoms with E-state index in [1.807, 2.05) is 0 Å². The number of hydrogen-bond donors (Lipinski definition) is 0. The summed E-state index contributed by atoms with van der Waals surface area (Å²) in [6, 6.07) is 4.86. The highest BCUT2D eigenvalue weighted by atomic mass is 19.4. The summed E-state index contributed by atoms with van der Waals surface area (Å²) in [6.07, 6.45) is -4.50. The number of hydrogen-bond acceptors (Lipinski definition) is 2. The van der Waals surface area contributed by atoms with Crippen LogP contribution in [-0.2, 0) is 19.8 Å². The molecule has 3 rings (SSSR count). The van der Waals surface area contributed by atoms with E-state index >= 15 is 0 Å². The summed E-state index contributed by atoms with van der Waals surface area (Å²) in [6.45, 7) is 4.86. The van der Waals surface area contributed by atoms with Crippen LogP contribution in [0, 0.1) is 0 Å². The number of alkyl halides is 4. The number of halogens is 4. The molecule has 0 amide bonds. The Hall–Kier alpha value is -1.89. The molecular formula is C20H24F4N2O. The molecule has 27 heavy (non-hydrogen) atoms. The Morgan fingerprint density at radius 3 is 2.37 bits per heavy atom. The van der Waals surface area contributed by atoms with Crippen molar-refractivity contribution in [3.05, 3.63) is 45.2 Å². The second-order valence-electron chi connectivity index (χ2n) is 7.61. The molecule has 0 radical (unpaired) electrons. The van der Waals surface area contributed by atoms with E-state index in [2.05, 4.69) is 4.90 Å². The summed E-state index contributed by atoms with van der Waals surface area (Å²) in [5.41, 5.74) is -0.642. The molecule has 1 aromatic heterocycles. The van der Waals surface area contributed by atoms with Crippen LogP contribution in [0.1, 0.15) is 49.3 Å². The van der Waals surface area contributed by atoms with Gasteiger partial charge < -0.3 is 4.57 Å². The number of benzene rings is 1. The molecule has 1 aliphatic heterocycles. The van der Waals surface area contributed by atoms with E-state index in [1.165, 1.54) is 17.7 Å². The van der Waals surface area contributed by atoms with Gasteiger partial charge in [-0.2, -0.15) is 13.2 Å². The van der Waals surface area contributed by atoms with E-state index in [0.717, 1.165) is 5.56 Å². The molecule has 0 aliphatic carbocycles.